The molecule has 1 N–H and O–H groups in total. The van der Waals surface area contributed by atoms with E-state index in [0.717, 1.165) is 21.4 Å². The van der Waals surface area contributed by atoms with E-state index in [-0.39, 0.29) is 6.04 Å². The molecule has 2 rings (SSSR count). The van der Waals surface area contributed by atoms with E-state index in [0.29, 0.717) is 6.42 Å². The molecule has 0 bridgehead atoms. The summed E-state index contributed by atoms with van der Waals surface area (Å²) in [5, 5.41) is 14.5. The van der Waals surface area contributed by atoms with Gasteiger partial charge in [-0.05, 0) is 38.0 Å². The number of rotatable bonds is 4. The van der Waals surface area contributed by atoms with Crippen molar-refractivity contribution in [2.75, 3.05) is 0 Å². The number of nitrogens with zero attached hydrogens (tertiary/aromatic N) is 3. The van der Waals surface area contributed by atoms with Gasteiger partial charge in [0, 0.05) is 16.9 Å². The predicted octanol–water partition coefficient (Wildman–Crippen LogP) is 3.21. The van der Waals surface area contributed by atoms with Crippen LogP contribution in [-0.2, 0) is 6.42 Å². The van der Waals surface area contributed by atoms with E-state index in [4.69, 9.17) is 0 Å². The molecular formula is C14H18BrN3O. The molecule has 0 saturated heterocycles. The van der Waals surface area contributed by atoms with Crippen molar-refractivity contribution in [1.82, 2.24) is 14.8 Å². The average molecular weight is 324 g/mol. The van der Waals surface area contributed by atoms with Crippen molar-refractivity contribution in [3.05, 3.63) is 46.0 Å². The van der Waals surface area contributed by atoms with Gasteiger partial charge in [-0.1, -0.05) is 28.1 Å². The van der Waals surface area contributed by atoms with Crippen LogP contribution in [0.1, 0.15) is 42.9 Å². The molecule has 4 nitrogen and oxygen atoms in total. The predicted molar refractivity (Wildman–Crippen MR) is 77.9 cm³/mol. The zero-order valence-electron chi connectivity index (χ0n) is 11.3. The lowest BCUT2D eigenvalue weighted by Gasteiger charge is -2.15. The van der Waals surface area contributed by atoms with Crippen LogP contribution in [0.4, 0.5) is 0 Å². The van der Waals surface area contributed by atoms with E-state index < -0.39 is 6.10 Å². The summed E-state index contributed by atoms with van der Waals surface area (Å²) in [6.45, 7) is 6.12. The normalized spacial score (nSPS) is 12.9. The Bertz CT molecular complexity index is 566. The first kappa shape index (κ1) is 14.2. The molecular weight excluding hydrogens is 306 g/mol. The largest absolute Gasteiger partial charge is 0.388 e. The Kier molecular flexibility index (Phi) is 4.37. The highest BCUT2D eigenvalue weighted by Gasteiger charge is 2.16. The highest BCUT2D eigenvalue weighted by atomic mass is 79.9. The van der Waals surface area contributed by atoms with E-state index in [1.54, 1.807) is 0 Å². The summed E-state index contributed by atoms with van der Waals surface area (Å²) in [6, 6.07) is 6.19. The van der Waals surface area contributed by atoms with Crippen molar-refractivity contribution < 1.29 is 5.11 Å². The first-order chi connectivity index (χ1) is 8.99. The van der Waals surface area contributed by atoms with Crippen LogP contribution in [0.5, 0.6) is 0 Å². The van der Waals surface area contributed by atoms with E-state index in [1.165, 1.54) is 6.33 Å². The molecule has 1 heterocycles. The molecule has 1 aromatic carbocycles. The summed E-state index contributed by atoms with van der Waals surface area (Å²) >= 11 is 3.50. The van der Waals surface area contributed by atoms with Gasteiger partial charge in [-0.2, -0.15) is 5.10 Å². The molecule has 0 amide bonds. The third-order valence-corrected chi connectivity index (χ3v) is 3.71. The Balaban J connectivity index is 2.21. The standard InChI is InChI=1S/C14H18BrN3O/c1-9(2)18-14(16-8-17-18)7-13(19)11-5-4-10(3)6-12(11)15/h4-6,8-9,13,19H,7H2,1-3H3. The summed E-state index contributed by atoms with van der Waals surface area (Å²) in [7, 11) is 0. The van der Waals surface area contributed by atoms with Crippen LogP contribution in [0.15, 0.2) is 29.0 Å². The number of aliphatic hydroxyl groups is 1. The van der Waals surface area contributed by atoms with Gasteiger partial charge in [-0.25, -0.2) is 9.67 Å². The third-order valence-electron chi connectivity index (χ3n) is 3.03. The fourth-order valence-corrected chi connectivity index (χ4v) is 2.79. The number of aromatic nitrogens is 3. The minimum absolute atomic E-state index is 0.242. The Morgan fingerprint density at radius 1 is 1.37 bits per heavy atom. The van der Waals surface area contributed by atoms with Crippen molar-refractivity contribution in [3.8, 4) is 0 Å². The molecule has 0 aliphatic carbocycles. The lowest BCUT2D eigenvalue weighted by molar-refractivity contribution is 0.172. The molecule has 0 radical (unpaired) electrons. The number of benzene rings is 1. The monoisotopic (exact) mass is 323 g/mol. The second-order valence-corrected chi connectivity index (χ2v) is 5.81. The van der Waals surface area contributed by atoms with Gasteiger partial charge in [0.2, 0.25) is 0 Å². The molecule has 0 spiro atoms. The number of halogens is 1. The topological polar surface area (TPSA) is 50.9 Å². The van der Waals surface area contributed by atoms with Crippen molar-refractivity contribution >= 4 is 15.9 Å². The minimum atomic E-state index is -0.586. The van der Waals surface area contributed by atoms with Gasteiger partial charge in [-0.15, -0.1) is 0 Å². The minimum Gasteiger partial charge on any atom is -0.388 e. The number of hydrogen-bond donors (Lipinski definition) is 1. The smallest absolute Gasteiger partial charge is 0.138 e. The molecule has 5 heteroatoms. The first-order valence-corrected chi connectivity index (χ1v) is 7.11. The SMILES string of the molecule is Cc1ccc(C(O)Cc2ncnn2C(C)C)c(Br)c1. The van der Waals surface area contributed by atoms with Gasteiger partial charge in [0.05, 0.1) is 6.10 Å². The summed E-state index contributed by atoms with van der Waals surface area (Å²) in [6.07, 6.45) is 1.41. The number of aliphatic hydroxyl groups excluding tert-OH is 1. The van der Waals surface area contributed by atoms with Crippen LogP contribution in [0.25, 0.3) is 0 Å². The lowest BCUT2D eigenvalue weighted by atomic mass is 10.0. The third kappa shape index (κ3) is 3.22. The molecule has 0 aliphatic heterocycles. The quantitative estimate of drug-likeness (QED) is 0.939. The molecule has 1 atom stereocenters. The van der Waals surface area contributed by atoms with Crippen LogP contribution in [0, 0.1) is 6.92 Å². The number of aryl methyl sites for hydroxylation is 1. The fourth-order valence-electron chi connectivity index (χ4n) is 2.04. The maximum Gasteiger partial charge on any atom is 0.138 e. The Hall–Kier alpha value is -1.20. The second kappa shape index (κ2) is 5.84. The maximum absolute atomic E-state index is 10.4. The number of hydrogen-bond acceptors (Lipinski definition) is 3. The van der Waals surface area contributed by atoms with E-state index >= 15 is 0 Å². The van der Waals surface area contributed by atoms with Crippen LogP contribution >= 0.6 is 15.9 Å². The van der Waals surface area contributed by atoms with Crippen LogP contribution < -0.4 is 0 Å². The Morgan fingerprint density at radius 3 is 2.74 bits per heavy atom. The molecule has 0 fully saturated rings. The van der Waals surface area contributed by atoms with Gasteiger partial charge >= 0.3 is 0 Å². The van der Waals surface area contributed by atoms with E-state index in [1.807, 2.05) is 43.7 Å². The van der Waals surface area contributed by atoms with Crippen LogP contribution in [-0.4, -0.2) is 19.9 Å². The zero-order chi connectivity index (χ0) is 14.0. The van der Waals surface area contributed by atoms with Crippen molar-refractivity contribution in [3.63, 3.8) is 0 Å². The van der Waals surface area contributed by atoms with E-state index in [9.17, 15) is 5.11 Å². The van der Waals surface area contributed by atoms with Crippen LogP contribution in [0.2, 0.25) is 0 Å². The highest BCUT2D eigenvalue weighted by molar-refractivity contribution is 9.10. The maximum atomic E-state index is 10.4. The Labute approximate surface area is 121 Å². The molecule has 2 aromatic rings. The van der Waals surface area contributed by atoms with Crippen LogP contribution in [0.3, 0.4) is 0 Å². The van der Waals surface area contributed by atoms with Gasteiger partial charge < -0.3 is 5.11 Å². The molecule has 102 valence electrons. The second-order valence-electron chi connectivity index (χ2n) is 4.96. The summed E-state index contributed by atoms with van der Waals surface area (Å²) in [4.78, 5) is 4.23. The highest BCUT2D eigenvalue weighted by Crippen LogP contribution is 2.27. The summed E-state index contributed by atoms with van der Waals surface area (Å²) < 4.78 is 2.77. The summed E-state index contributed by atoms with van der Waals surface area (Å²) in [5.74, 6) is 0.801. The molecule has 1 unspecified atom stereocenters. The van der Waals surface area contributed by atoms with Crippen molar-refractivity contribution in [2.45, 2.75) is 39.3 Å². The average Bonchev–Trinajstić information content (AvgIpc) is 2.76. The van der Waals surface area contributed by atoms with Gasteiger partial charge in [-0.3, -0.25) is 0 Å². The molecule has 0 saturated carbocycles. The van der Waals surface area contributed by atoms with Gasteiger partial charge in [0.25, 0.3) is 0 Å². The zero-order valence-corrected chi connectivity index (χ0v) is 12.9. The first-order valence-electron chi connectivity index (χ1n) is 6.31. The lowest BCUT2D eigenvalue weighted by Crippen LogP contribution is -2.12. The van der Waals surface area contributed by atoms with Gasteiger partial charge in [0.15, 0.2) is 0 Å². The molecule has 1 aromatic heterocycles. The van der Waals surface area contributed by atoms with Crippen molar-refractivity contribution in [2.24, 2.45) is 0 Å². The van der Waals surface area contributed by atoms with Gasteiger partial charge in [0.1, 0.15) is 12.2 Å². The Morgan fingerprint density at radius 2 is 2.11 bits per heavy atom. The van der Waals surface area contributed by atoms with Crippen molar-refractivity contribution in [1.29, 1.82) is 0 Å². The summed E-state index contributed by atoms with van der Waals surface area (Å²) in [5.41, 5.74) is 2.04. The van der Waals surface area contributed by atoms with E-state index in [2.05, 4.69) is 26.0 Å². The fraction of sp³-hybridized carbons (Fsp3) is 0.429. The molecule has 0 aliphatic rings. The molecule has 19 heavy (non-hydrogen) atoms.